The van der Waals surface area contributed by atoms with Crippen LogP contribution in [0.15, 0.2) is 36.4 Å². The van der Waals surface area contributed by atoms with Gasteiger partial charge in [-0.25, -0.2) is 0 Å². The van der Waals surface area contributed by atoms with E-state index in [1.807, 2.05) is 24.3 Å². The minimum absolute atomic E-state index is 0.0767. The van der Waals surface area contributed by atoms with Gasteiger partial charge in [0.25, 0.3) is 0 Å². The zero-order valence-corrected chi connectivity index (χ0v) is 11.8. The second-order valence-corrected chi connectivity index (χ2v) is 5.88. The summed E-state index contributed by atoms with van der Waals surface area (Å²) in [5.41, 5.74) is 1.50. The van der Waals surface area contributed by atoms with Crippen molar-refractivity contribution in [3.63, 3.8) is 0 Å². The fourth-order valence-electron chi connectivity index (χ4n) is 2.27. The van der Waals surface area contributed by atoms with Crippen LogP contribution in [0, 0.1) is 0 Å². The number of carbonyl (C=O) groups excluding carboxylic acids is 2. The van der Waals surface area contributed by atoms with Crippen LogP contribution in [0.2, 0.25) is 0 Å². The van der Waals surface area contributed by atoms with Gasteiger partial charge in [-0.3, -0.25) is 9.59 Å². The largest absolute Gasteiger partial charge is 0.291 e. The van der Waals surface area contributed by atoms with Gasteiger partial charge in [0.1, 0.15) is 0 Å². The number of ketones is 2. The first kappa shape index (κ1) is 13.5. The first-order valence-electron chi connectivity index (χ1n) is 6.39. The summed E-state index contributed by atoms with van der Waals surface area (Å²) in [7, 11) is 0. The van der Waals surface area contributed by atoms with Gasteiger partial charge in [-0.1, -0.05) is 45.0 Å². The van der Waals surface area contributed by atoms with E-state index >= 15 is 0 Å². The van der Waals surface area contributed by atoms with Gasteiger partial charge in [0.05, 0.1) is 0 Å². The summed E-state index contributed by atoms with van der Waals surface area (Å²) in [6, 6.07) is 11.6. The smallest absolute Gasteiger partial charge is 0.228 e. The van der Waals surface area contributed by atoms with Crippen molar-refractivity contribution >= 4 is 22.3 Å². The van der Waals surface area contributed by atoms with Crippen LogP contribution in [-0.4, -0.2) is 11.6 Å². The van der Waals surface area contributed by atoms with Crippen molar-refractivity contribution in [2.75, 3.05) is 0 Å². The molecule has 2 nitrogen and oxygen atoms in total. The van der Waals surface area contributed by atoms with Crippen molar-refractivity contribution in [2.45, 2.75) is 33.1 Å². The Bertz CT molecular complexity index is 661. The molecule has 2 heteroatoms. The van der Waals surface area contributed by atoms with Crippen molar-refractivity contribution in [3.8, 4) is 0 Å². The Morgan fingerprint density at radius 3 is 2.21 bits per heavy atom. The van der Waals surface area contributed by atoms with Crippen molar-refractivity contribution in [3.05, 3.63) is 47.5 Å². The SMILES string of the molecule is CC(=O)C(=O)c1cc(C(C)(C)C)c2ccccc2c1. The van der Waals surface area contributed by atoms with Gasteiger partial charge in [0.2, 0.25) is 5.78 Å². The Kier molecular flexibility index (Phi) is 3.27. The predicted molar refractivity (Wildman–Crippen MR) is 77.7 cm³/mol. The minimum atomic E-state index is -0.421. The molecule has 0 heterocycles. The summed E-state index contributed by atoms with van der Waals surface area (Å²) in [4.78, 5) is 23.2. The summed E-state index contributed by atoms with van der Waals surface area (Å²) in [6.45, 7) is 7.64. The summed E-state index contributed by atoms with van der Waals surface area (Å²) in [5.74, 6) is -0.841. The molecule has 0 aliphatic rings. The molecule has 0 aliphatic heterocycles. The zero-order chi connectivity index (χ0) is 14.2. The van der Waals surface area contributed by atoms with E-state index in [9.17, 15) is 9.59 Å². The number of hydrogen-bond donors (Lipinski definition) is 0. The van der Waals surface area contributed by atoms with E-state index < -0.39 is 11.6 Å². The molecule has 0 spiro atoms. The lowest BCUT2D eigenvalue weighted by Crippen LogP contribution is -2.15. The van der Waals surface area contributed by atoms with Crippen molar-refractivity contribution < 1.29 is 9.59 Å². The molecule has 19 heavy (non-hydrogen) atoms. The third-order valence-corrected chi connectivity index (χ3v) is 3.25. The number of Topliss-reactive ketones (excluding diaryl/α,β-unsaturated/α-hetero) is 2. The Morgan fingerprint density at radius 2 is 1.63 bits per heavy atom. The summed E-state index contributed by atoms with van der Waals surface area (Å²) in [6.07, 6.45) is 0. The average molecular weight is 254 g/mol. The molecule has 0 unspecified atom stereocenters. The van der Waals surface area contributed by atoms with Crippen molar-refractivity contribution in [1.82, 2.24) is 0 Å². The predicted octanol–water partition coefficient (Wildman–Crippen LogP) is 3.91. The highest BCUT2D eigenvalue weighted by Gasteiger charge is 2.20. The second kappa shape index (κ2) is 4.61. The number of rotatable bonds is 2. The van der Waals surface area contributed by atoms with Crippen LogP contribution in [0.3, 0.4) is 0 Å². The van der Waals surface area contributed by atoms with E-state index in [0.29, 0.717) is 5.56 Å². The van der Waals surface area contributed by atoms with Crippen LogP contribution in [0.4, 0.5) is 0 Å². The number of carbonyl (C=O) groups is 2. The van der Waals surface area contributed by atoms with Crippen molar-refractivity contribution in [1.29, 1.82) is 0 Å². The van der Waals surface area contributed by atoms with E-state index in [0.717, 1.165) is 16.3 Å². The van der Waals surface area contributed by atoms with Gasteiger partial charge in [-0.2, -0.15) is 0 Å². The molecule has 0 saturated heterocycles. The summed E-state index contributed by atoms with van der Waals surface area (Å²) >= 11 is 0. The number of hydrogen-bond acceptors (Lipinski definition) is 2. The first-order valence-corrected chi connectivity index (χ1v) is 6.39. The third-order valence-electron chi connectivity index (χ3n) is 3.25. The fraction of sp³-hybridized carbons (Fsp3) is 0.294. The van der Waals surface area contributed by atoms with Crippen LogP contribution < -0.4 is 0 Å². The molecule has 0 N–H and O–H groups in total. The van der Waals surface area contributed by atoms with Crippen LogP contribution in [0.25, 0.3) is 10.8 Å². The molecular weight excluding hydrogens is 236 g/mol. The van der Waals surface area contributed by atoms with E-state index in [1.54, 1.807) is 6.07 Å². The summed E-state index contributed by atoms with van der Waals surface area (Å²) in [5, 5.41) is 2.13. The molecule has 0 amide bonds. The third kappa shape index (κ3) is 2.58. The zero-order valence-electron chi connectivity index (χ0n) is 11.8. The maximum atomic E-state index is 11.9. The van der Waals surface area contributed by atoms with Crippen LogP contribution >= 0.6 is 0 Å². The molecule has 2 rings (SSSR count). The van der Waals surface area contributed by atoms with Gasteiger partial charge < -0.3 is 0 Å². The molecule has 2 aromatic carbocycles. The maximum Gasteiger partial charge on any atom is 0.228 e. The monoisotopic (exact) mass is 254 g/mol. The molecular formula is C17H18O2. The number of benzene rings is 2. The average Bonchev–Trinajstić information content (AvgIpc) is 2.35. The normalized spacial score (nSPS) is 11.6. The molecule has 0 fully saturated rings. The molecule has 2 aromatic rings. The highest BCUT2D eigenvalue weighted by molar-refractivity contribution is 6.43. The topological polar surface area (TPSA) is 34.1 Å². The van der Waals surface area contributed by atoms with Crippen LogP contribution in [-0.2, 0) is 10.2 Å². The molecule has 0 aromatic heterocycles. The van der Waals surface area contributed by atoms with Gasteiger partial charge in [-0.15, -0.1) is 0 Å². The van der Waals surface area contributed by atoms with E-state index in [4.69, 9.17) is 0 Å². The molecule has 0 aliphatic carbocycles. The molecule has 98 valence electrons. The standard InChI is InChI=1S/C17H18O2/c1-11(18)16(19)13-9-12-7-5-6-8-14(12)15(10-13)17(2,3)4/h5-10H,1-4H3. The van der Waals surface area contributed by atoms with Gasteiger partial charge >= 0.3 is 0 Å². The van der Waals surface area contributed by atoms with Crippen LogP contribution in [0.1, 0.15) is 43.6 Å². The lowest BCUT2D eigenvalue weighted by molar-refractivity contribution is -0.113. The first-order chi connectivity index (χ1) is 8.80. The lowest BCUT2D eigenvalue weighted by atomic mass is 9.82. The van der Waals surface area contributed by atoms with Gasteiger partial charge in [-0.05, 0) is 33.9 Å². The molecule has 0 radical (unpaired) electrons. The van der Waals surface area contributed by atoms with Gasteiger partial charge in [0.15, 0.2) is 5.78 Å². The Morgan fingerprint density at radius 1 is 1.00 bits per heavy atom. The van der Waals surface area contributed by atoms with Gasteiger partial charge in [0, 0.05) is 12.5 Å². The number of fused-ring (bicyclic) bond motifs is 1. The Hall–Kier alpha value is -1.96. The minimum Gasteiger partial charge on any atom is -0.291 e. The Balaban J connectivity index is 2.78. The quantitative estimate of drug-likeness (QED) is 0.601. The van der Waals surface area contributed by atoms with E-state index in [2.05, 4.69) is 26.8 Å². The molecule has 0 bridgehead atoms. The lowest BCUT2D eigenvalue weighted by Gasteiger charge is -2.22. The fourth-order valence-corrected chi connectivity index (χ4v) is 2.27. The van der Waals surface area contributed by atoms with E-state index in [-0.39, 0.29) is 5.41 Å². The molecule has 0 saturated carbocycles. The molecule has 0 atom stereocenters. The van der Waals surface area contributed by atoms with E-state index in [1.165, 1.54) is 6.92 Å². The summed E-state index contributed by atoms with van der Waals surface area (Å²) < 4.78 is 0. The highest BCUT2D eigenvalue weighted by Crippen LogP contribution is 2.31. The van der Waals surface area contributed by atoms with Crippen LogP contribution in [0.5, 0.6) is 0 Å². The highest BCUT2D eigenvalue weighted by atomic mass is 16.2. The second-order valence-electron chi connectivity index (χ2n) is 5.88. The maximum absolute atomic E-state index is 11.9. The Labute approximate surface area is 113 Å². The van der Waals surface area contributed by atoms with Crippen molar-refractivity contribution in [2.24, 2.45) is 0 Å².